The van der Waals surface area contributed by atoms with Crippen LogP contribution in [0.25, 0.3) is 6.08 Å². The number of carbonyl (C=O) groups is 1. The van der Waals surface area contributed by atoms with Crippen LogP contribution < -0.4 is 14.4 Å². The highest BCUT2D eigenvalue weighted by molar-refractivity contribution is 8.27. The van der Waals surface area contributed by atoms with E-state index in [-0.39, 0.29) is 18.2 Å². The Kier molecular flexibility index (Phi) is 7.24. The van der Waals surface area contributed by atoms with E-state index in [1.165, 1.54) is 28.8 Å². The molecule has 34 heavy (non-hydrogen) atoms. The predicted octanol–water partition coefficient (Wildman–Crippen LogP) is 5.98. The number of amides is 1. The zero-order valence-corrected chi connectivity index (χ0v) is 19.8. The van der Waals surface area contributed by atoms with E-state index in [9.17, 15) is 14.9 Å². The summed E-state index contributed by atoms with van der Waals surface area (Å²) in [6, 6.07) is 20.8. The molecule has 0 saturated carbocycles. The standard InChI is InChI=1S/C25H20N2O5S2/c1-2-31-21-13-11-19(12-14-21)26-24(28)23(34-25(26)33)15-18-5-3-4-6-22(18)32-16-17-7-9-20(10-8-17)27(29)30/h3-15H,2,16H2,1H3. The van der Waals surface area contributed by atoms with Crippen LogP contribution in [-0.4, -0.2) is 21.8 Å². The number of non-ortho nitro benzene ring substituents is 1. The molecule has 0 aliphatic carbocycles. The summed E-state index contributed by atoms with van der Waals surface area (Å²) < 4.78 is 11.9. The third kappa shape index (κ3) is 5.27. The number of hydrogen-bond donors (Lipinski definition) is 0. The highest BCUT2D eigenvalue weighted by atomic mass is 32.2. The molecular formula is C25H20N2O5S2. The van der Waals surface area contributed by atoms with Crippen molar-refractivity contribution in [3.8, 4) is 11.5 Å². The van der Waals surface area contributed by atoms with Crippen molar-refractivity contribution in [2.24, 2.45) is 0 Å². The van der Waals surface area contributed by atoms with Crippen molar-refractivity contribution in [3.63, 3.8) is 0 Å². The third-order valence-corrected chi connectivity index (χ3v) is 6.25. The normalized spacial score (nSPS) is 14.5. The molecule has 4 rings (SSSR count). The first-order chi connectivity index (χ1) is 16.5. The Morgan fingerprint density at radius 1 is 1.03 bits per heavy atom. The van der Waals surface area contributed by atoms with Crippen molar-refractivity contribution >= 4 is 51.7 Å². The fraction of sp³-hybridized carbons (Fsp3) is 0.120. The maximum absolute atomic E-state index is 13.1. The van der Waals surface area contributed by atoms with E-state index in [1.54, 1.807) is 30.3 Å². The smallest absolute Gasteiger partial charge is 0.270 e. The summed E-state index contributed by atoms with van der Waals surface area (Å²) in [5.41, 5.74) is 2.23. The molecule has 0 spiro atoms. The van der Waals surface area contributed by atoms with Crippen LogP contribution in [0.3, 0.4) is 0 Å². The molecule has 3 aromatic carbocycles. The molecule has 1 amide bonds. The second-order valence-electron chi connectivity index (χ2n) is 7.19. The van der Waals surface area contributed by atoms with Gasteiger partial charge in [0.2, 0.25) is 0 Å². The maximum atomic E-state index is 13.1. The Morgan fingerprint density at radius 2 is 1.74 bits per heavy atom. The molecule has 172 valence electrons. The Labute approximate surface area is 206 Å². The lowest BCUT2D eigenvalue weighted by Gasteiger charge is -2.15. The molecule has 3 aromatic rings. The number of anilines is 1. The monoisotopic (exact) mass is 492 g/mol. The third-order valence-electron chi connectivity index (χ3n) is 4.95. The van der Waals surface area contributed by atoms with E-state index in [4.69, 9.17) is 21.7 Å². The SMILES string of the molecule is CCOc1ccc(N2C(=O)C(=Cc3ccccc3OCc3ccc([N+](=O)[O-])cc3)SC2=S)cc1. The topological polar surface area (TPSA) is 81.9 Å². The molecule has 0 N–H and O–H groups in total. The molecule has 0 unspecified atom stereocenters. The lowest BCUT2D eigenvalue weighted by molar-refractivity contribution is -0.384. The van der Waals surface area contributed by atoms with Crippen LogP contribution in [-0.2, 0) is 11.4 Å². The number of hydrogen-bond acceptors (Lipinski definition) is 7. The maximum Gasteiger partial charge on any atom is 0.270 e. The average Bonchev–Trinajstić information content (AvgIpc) is 3.12. The Balaban J connectivity index is 1.51. The first-order valence-corrected chi connectivity index (χ1v) is 11.6. The molecule has 0 atom stereocenters. The Hall–Kier alpha value is -3.69. The average molecular weight is 493 g/mol. The largest absolute Gasteiger partial charge is 0.494 e. The van der Waals surface area contributed by atoms with Crippen molar-refractivity contribution < 1.29 is 19.2 Å². The van der Waals surface area contributed by atoms with Crippen molar-refractivity contribution in [2.45, 2.75) is 13.5 Å². The van der Waals surface area contributed by atoms with Gasteiger partial charge in [-0.3, -0.25) is 19.8 Å². The summed E-state index contributed by atoms with van der Waals surface area (Å²) in [6.07, 6.45) is 1.76. The summed E-state index contributed by atoms with van der Waals surface area (Å²) in [5.74, 6) is 1.11. The van der Waals surface area contributed by atoms with Gasteiger partial charge in [0.05, 0.1) is 22.1 Å². The quantitative estimate of drug-likeness (QED) is 0.166. The minimum absolute atomic E-state index is 0.0266. The minimum Gasteiger partial charge on any atom is -0.494 e. The van der Waals surface area contributed by atoms with Gasteiger partial charge in [0, 0.05) is 17.7 Å². The van der Waals surface area contributed by atoms with Gasteiger partial charge in [-0.05, 0) is 61.0 Å². The first-order valence-electron chi connectivity index (χ1n) is 10.4. The molecule has 1 heterocycles. The van der Waals surface area contributed by atoms with Gasteiger partial charge in [0.15, 0.2) is 4.32 Å². The number of para-hydroxylation sites is 1. The molecule has 7 nitrogen and oxygen atoms in total. The number of benzene rings is 3. The molecule has 9 heteroatoms. The summed E-state index contributed by atoms with van der Waals surface area (Å²) in [4.78, 5) is 25.5. The van der Waals surface area contributed by atoms with Crippen LogP contribution in [0.15, 0.2) is 77.7 Å². The highest BCUT2D eigenvalue weighted by Crippen LogP contribution is 2.37. The number of ether oxygens (including phenoxy) is 2. The van der Waals surface area contributed by atoms with Gasteiger partial charge in [-0.25, -0.2) is 0 Å². The molecule has 1 aliphatic rings. The van der Waals surface area contributed by atoms with Gasteiger partial charge in [-0.15, -0.1) is 0 Å². The van der Waals surface area contributed by atoms with Crippen molar-refractivity contribution in [3.05, 3.63) is 98.9 Å². The van der Waals surface area contributed by atoms with Crippen LogP contribution in [0.5, 0.6) is 11.5 Å². The van der Waals surface area contributed by atoms with Gasteiger partial charge in [-0.2, -0.15) is 0 Å². The predicted molar refractivity (Wildman–Crippen MR) is 137 cm³/mol. The second kappa shape index (κ2) is 10.5. The van der Waals surface area contributed by atoms with E-state index in [2.05, 4.69) is 0 Å². The zero-order chi connectivity index (χ0) is 24.1. The molecule has 1 aliphatic heterocycles. The van der Waals surface area contributed by atoms with Gasteiger partial charge in [-0.1, -0.05) is 42.2 Å². The number of thiocarbonyl (C=S) groups is 1. The van der Waals surface area contributed by atoms with E-state index >= 15 is 0 Å². The van der Waals surface area contributed by atoms with Gasteiger partial charge in [0.1, 0.15) is 18.1 Å². The fourth-order valence-corrected chi connectivity index (χ4v) is 4.59. The Morgan fingerprint density at radius 3 is 2.41 bits per heavy atom. The van der Waals surface area contributed by atoms with Crippen LogP contribution in [0, 0.1) is 10.1 Å². The van der Waals surface area contributed by atoms with E-state index in [0.29, 0.717) is 27.3 Å². The summed E-state index contributed by atoms with van der Waals surface area (Å²) >= 11 is 6.70. The number of thioether (sulfide) groups is 1. The fourth-order valence-electron chi connectivity index (χ4n) is 3.30. The van der Waals surface area contributed by atoms with Crippen molar-refractivity contribution in [1.82, 2.24) is 0 Å². The summed E-state index contributed by atoms with van der Waals surface area (Å²) in [5, 5.41) is 10.8. The van der Waals surface area contributed by atoms with Gasteiger partial charge >= 0.3 is 0 Å². The van der Waals surface area contributed by atoms with Crippen LogP contribution in [0.2, 0.25) is 0 Å². The van der Waals surface area contributed by atoms with Crippen molar-refractivity contribution in [2.75, 3.05) is 11.5 Å². The lowest BCUT2D eigenvalue weighted by atomic mass is 10.1. The van der Waals surface area contributed by atoms with Gasteiger partial charge in [0.25, 0.3) is 11.6 Å². The van der Waals surface area contributed by atoms with E-state index in [1.807, 2.05) is 43.3 Å². The lowest BCUT2D eigenvalue weighted by Crippen LogP contribution is -2.27. The van der Waals surface area contributed by atoms with Gasteiger partial charge < -0.3 is 9.47 Å². The number of rotatable bonds is 8. The zero-order valence-electron chi connectivity index (χ0n) is 18.2. The van der Waals surface area contributed by atoms with Crippen LogP contribution >= 0.6 is 24.0 Å². The first kappa shape index (κ1) is 23.5. The van der Waals surface area contributed by atoms with Crippen LogP contribution in [0.4, 0.5) is 11.4 Å². The number of nitro groups is 1. The highest BCUT2D eigenvalue weighted by Gasteiger charge is 2.33. The molecule has 0 aromatic heterocycles. The van der Waals surface area contributed by atoms with E-state index < -0.39 is 4.92 Å². The number of carbonyl (C=O) groups excluding carboxylic acids is 1. The molecule has 1 saturated heterocycles. The molecule has 1 fully saturated rings. The number of nitrogens with zero attached hydrogens (tertiary/aromatic N) is 2. The molecular weight excluding hydrogens is 472 g/mol. The number of nitro benzene ring substituents is 1. The minimum atomic E-state index is -0.441. The molecule has 0 radical (unpaired) electrons. The molecule has 0 bridgehead atoms. The van der Waals surface area contributed by atoms with Crippen molar-refractivity contribution in [1.29, 1.82) is 0 Å². The Bertz CT molecular complexity index is 1260. The van der Waals surface area contributed by atoms with E-state index in [0.717, 1.165) is 16.9 Å². The summed E-state index contributed by atoms with van der Waals surface area (Å²) in [6.45, 7) is 2.71. The van der Waals surface area contributed by atoms with Crippen LogP contribution in [0.1, 0.15) is 18.1 Å². The summed E-state index contributed by atoms with van der Waals surface area (Å²) in [7, 11) is 0. The second-order valence-corrected chi connectivity index (χ2v) is 8.87.